The molecule has 0 aliphatic rings. The van der Waals surface area contributed by atoms with Gasteiger partial charge in [0.25, 0.3) is 11.6 Å². The highest BCUT2D eigenvalue weighted by Crippen LogP contribution is 2.27. The van der Waals surface area contributed by atoms with E-state index in [9.17, 15) is 23.3 Å². The zero-order valence-corrected chi connectivity index (χ0v) is 17.5. The number of sulfonamides is 1. The van der Waals surface area contributed by atoms with Crippen molar-refractivity contribution < 1.29 is 18.1 Å². The zero-order valence-electron chi connectivity index (χ0n) is 15.9. The summed E-state index contributed by atoms with van der Waals surface area (Å²) in [5.74, 6) is -0.656. The number of hydrogen-bond donors (Lipinski definition) is 1. The molecule has 0 heterocycles. The van der Waals surface area contributed by atoms with Crippen LogP contribution >= 0.6 is 11.6 Å². The molecule has 29 heavy (non-hydrogen) atoms. The number of rotatable bonds is 7. The van der Waals surface area contributed by atoms with E-state index in [1.807, 2.05) is 0 Å². The highest BCUT2D eigenvalue weighted by Gasteiger charge is 2.23. The standard InChI is InChI=1S/C18H19ClN4O5S/c1-12-16(19)5-4-6-17(12)22(29(3,27)28)11-18(24)21-20-13(2)14-7-9-15(10-8-14)23(25)26/h4-10H,11H2,1-3H3,(H,21,24)/b20-13-. The molecule has 0 spiro atoms. The maximum atomic E-state index is 12.3. The van der Waals surface area contributed by atoms with Crippen molar-refractivity contribution in [2.75, 3.05) is 17.1 Å². The van der Waals surface area contributed by atoms with Gasteiger partial charge in [0.1, 0.15) is 6.54 Å². The fourth-order valence-corrected chi connectivity index (χ4v) is 3.52. The molecule has 2 aromatic carbocycles. The average Bonchev–Trinajstić information content (AvgIpc) is 2.66. The van der Waals surface area contributed by atoms with Crippen LogP contribution in [-0.2, 0) is 14.8 Å². The molecule has 154 valence electrons. The zero-order chi connectivity index (χ0) is 21.8. The molecule has 2 rings (SSSR count). The molecule has 11 heteroatoms. The minimum Gasteiger partial charge on any atom is -0.271 e. The number of amides is 1. The summed E-state index contributed by atoms with van der Waals surface area (Å²) in [4.78, 5) is 22.5. The largest absolute Gasteiger partial charge is 0.271 e. The minimum atomic E-state index is -3.75. The summed E-state index contributed by atoms with van der Waals surface area (Å²) in [6.45, 7) is 2.78. The number of hydrazone groups is 1. The van der Waals surface area contributed by atoms with Gasteiger partial charge in [0.2, 0.25) is 10.0 Å². The summed E-state index contributed by atoms with van der Waals surface area (Å²) in [6.07, 6.45) is 0.992. The number of benzene rings is 2. The van der Waals surface area contributed by atoms with Gasteiger partial charge in [0.15, 0.2) is 0 Å². The molecule has 0 atom stereocenters. The topological polar surface area (TPSA) is 122 Å². The molecule has 1 N–H and O–H groups in total. The first-order valence-corrected chi connectivity index (χ1v) is 10.5. The normalized spacial score (nSPS) is 11.8. The Labute approximate surface area is 173 Å². The van der Waals surface area contributed by atoms with Gasteiger partial charge in [-0.25, -0.2) is 13.8 Å². The molecule has 0 radical (unpaired) electrons. The number of carbonyl (C=O) groups is 1. The van der Waals surface area contributed by atoms with Crippen LogP contribution in [0.5, 0.6) is 0 Å². The Bertz CT molecular complexity index is 1070. The Morgan fingerprint density at radius 3 is 2.41 bits per heavy atom. The van der Waals surface area contributed by atoms with Crippen LogP contribution in [0.1, 0.15) is 18.1 Å². The summed E-state index contributed by atoms with van der Waals surface area (Å²) >= 11 is 6.06. The number of anilines is 1. The maximum absolute atomic E-state index is 12.3. The molecule has 0 saturated heterocycles. The van der Waals surface area contributed by atoms with Crippen LogP contribution in [0.25, 0.3) is 0 Å². The molecule has 0 aliphatic heterocycles. The molecule has 0 unspecified atom stereocenters. The quantitative estimate of drug-likeness (QED) is 0.404. The third-order valence-electron chi connectivity index (χ3n) is 4.04. The Morgan fingerprint density at radius 2 is 1.86 bits per heavy atom. The molecule has 2 aromatic rings. The number of halogens is 1. The second-order valence-electron chi connectivity index (χ2n) is 6.19. The molecular weight excluding hydrogens is 420 g/mol. The van der Waals surface area contributed by atoms with E-state index in [2.05, 4.69) is 10.5 Å². The van der Waals surface area contributed by atoms with Crippen molar-refractivity contribution in [2.45, 2.75) is 13.8 Å². The number of hydrogen-bond acceptors (Lipinski definition) is 6. The van der Waals surface area contributed by atoms with Gasteiger partial charge in [-0.05, 0) is 49.2 Å². The van der Waals surface area contributed by atoms with Crippen molar-refractivity contribution in [1.29, 1.82) is 0 Å². The van der Waals surface area contributed by atoms with Crippen LogP contribution in [-0.4, -0.2) is 37.8 Å². The van der Waals surface area contributed by atoms with Crippen molar-refractivity contribution in [3.05, 3.63) is 68.7 Å². The highest BCUT2D eigenvalue weighted by atomic mass is 35.5. The summed E-state index contributed by atoms with van der Waals surface area (Å²) in [7, 11) is -3.75. The van der Waals surface area contributed by atoms with Crippen LogP contribution in [0.15, 0.2) is 47.6 Å². The first kappa shape index (κ1) is 22.3. The third-order valence-corrected chi connectivity index (χ3v) is 5.58. The predicted octanol–water partition coefficient (Wildman–Crippen LogP) is 2.86. The summed E-state index contributed by atoms with van der Waals surface area (Å²) in [5.41, 5.74) is 4.03. The van der Waals surface area contributed by atoms with Crippen LogP contribution in [0, 0.1) is 17.0 Å². The van der Waals surface area contributed by atoms with Crippen LogP contribution in [0.2, 0.25) is 5.02 Å². The number of carbonyl (C=O) groups excluding carboxylic acids is 1. The van der Waals surface area contributed by atoms with E-state index < -0.39 is 27.4 Å². The van der Waals surface area contributed by atoms with Crippen molar-refractivity contribution in [2.24, 2.45) is 5.10 Å². The number of nitrogens with one attached hydrogen (secondary N) is 1. The fourth-order valence-electron chi connectivity index (χ4n) is 2.45. The number of nitro benzene ring substituents is 1. The lowest BCUT2D eigenvalue weighted by Gasteiger charge is -2.23. The van der Waals surface area contributed by atoms with Crippen LogP contribution in [0.4, 0.5) is 11.4 Å². The molecule has 0 fully saturated rings. The van der Waals surface area contributed by atoms with Crippen LogP contribution in [0.3, 0.4) is 0 Å². The fraction of sp³-hybridized carbons (Fsp3) is 0.222. The Morgan fingerprint density at radius 1 is 1.24 bits per heavy atom. The average molecular weight is 439 g/mol. The molecule has 0 saturated carbocycles. The summed E-state index contributed by atoms with van der Waals surface area (Å²) in [6, 6.07) is 10.4. The van der Waals surface area contributed by atoms with Gasteiger partial charge in [-0.15, -0.1) is 0 Å². The first-order chi connectivity index (χ1) is 13.5. The van der Waals surface area contributed by atoms with Gasteiger partial charge in [-0.2, -0.15) is 5.10 Å². The minimum absolute atomic E-state index is 0.0636. The molecule has 0 bridgehead atoms. The lowest BCUT2D eigenvalue weighted by atomic mass is 10.1. The molecule has 0 aliphatic carbocycles. The predicted molar refractivity (Wildman–Crippen MR) is 112 cm³/mol. The van der Waals surface area contributed by atoms with E-state index >= 15 is 0 Å². The summed E-state index contributed by atoms with van der Waals surface area (Å²) in [5, 5.41) is 15.0. The van der Waals surface area contributed by atoms with Gasteiger partial charge in [0, 0.05) is 17.2 Å². The van der Waals surface area contributed by atoms with Crippen molar-refractivity contribution in [3.8, 4) is 0 Å². The number of non-ortho nitro benzene ring substituents is 1. The van der Waals surface area contributed by atoms with Crippen molar-refractivity contribution >= 4 is 44.6 Å². The molecular formula is C18H19ClN4O5S. The van der Waals surface area contributed by atoms with E-state index in [0.717, 1.165) is 10.6 Å². The Kier molecular flexibility index (Phi) is 6.93. The molecule has 0 aromatic heterocycles. The molecule has 1 amide bonds. The Balaban J connectivity index is 2.17. The Hall–Kier alpha value is -2.98. The summed E-state index contributed by atoms with van der Waals surface area (Å²) < 4.78 is 25.3. The second-order valence-corrected chi connectivity index (χ2v) is 8.50. The van der Waals surface area contributed by atoms with Crippen LogP contribution < -0.4 is 9.73 Å². The SMILES string of the molecule is C/C(=N/NC(=O)CN(c1cccc(Cl)c1C)S(C)(=O)=O)c1ccc([N+](=O)[O-])cc1. The first-order valence-electron chi connectivity index (χ1n) is 8.31. The van der Waals surface area contributed by atoms with E-state index in [-0.39, 0.29) is 5.69 Å². The number of nitro groups is 1. The van der Waals surface area contributed by atoms with Crippen molar-refractivity contribution in [3.63, 3.8) is 0 Å². The van der Waals surface area contributed by atoms with E-state index in [1.165, 1.54) is 24.3 Å². The second kappa shape index (κ2) is 9.01. The van der Waals surface area contributed by atoms with E-state index in [4.69, 9.17) is 11.6 Å². The lowest BCUT2D eigenvalue weighted by molar-refractivity contribution is -0.384. The lowest BCUT2D eigenvalue weighted by Crippen LogP contribution is -2.39. The smallest absolute Gasteiger partial charge is 0.269 e. The maximum Gasteiger partial charge on any atom is 0.269 e. The number of nitrogens with zero attached hydrogens (tertiary/aromatic N) is 3. The van der Waals surface area contributed by atoms with E-state index in [0.29, 0.717) is 27.5 Å². The van der Waals surface area contributed by atoms with Gasteiger partial charge in [-0.1, -0.05) is 17.7 Å². The van der Waals surface area contributed by atoms with E-state index in [1.54, 1.807) is 32.0 Å². The highest BCUT2D eigenvalue weighted by molar-refractivity contribution is 7.92. The van der Waals surface area contributed by atoms with Crippen molar-refractivity contribution in [1.82, 2.24) is 5.43 Å². The van der Waals surface area contributed by atoms with Gasteiger partial charge >= 0.3 is 0 Å². The monoisotopic (exact) mass is 438 g/mol. The van der Waals surface area contributed by atoms with Gasteiger partial charge in [-0.3, -0.25) is 19.2 Å². The van der Waals surface area contributed by atoms with Gasteiger partial charge in [0.05, 0.1) is 22.6 Å². The molecule has 9 nitrogen and oxygen atoms in total. The third kappa shape index (κ3) is 5.75. The van der Waals surface area contributed by atoms with Gasteiger partial charge < -0.3 is 0 Å².